The van der Waals surface area contributed by atoms with Crippen LogP contribution in [0.1, 0.15) is 33.1 Å². The van der Waals surface area contributed by atoms with Gasteiger partial charge in [0.05, 0.1) is 18.2 Å². The molecule has 124 valence electrons. The van der Waals surface area contributed by atoms with E-state index >= 15 is 0 Å². The van der Waals surface area contributed by atoms with Crippen molar-refractivity contribution in [2.75, 3.05) is 33.7 Å². The molecule has 0 bridgehead atoms. The largest absolute Gasteiger partial charge is 0.391 e. The number of hydrogen-bond donors (Lipinski definition) is 2. The van der Waals surface area contributed by atoms with Gasteiger partial charge in [-0.3, -0.25) is 0 Å². The zero-order chi connectivity index (χ0) is 15.6. The van der Waals surface area contributed by atoms with Gasteiger partial charge in [-0.15, -0.1) is 0 Å². The number of rotatable bonds is 7. The Bertz CT molecular complexity index is 319. The van der Waals surface area contributed by atoms with E-state index in [0.717, 1.165) is 26.1 Å². The lowest BCUT2D eigenvalue weighted by molar-refractivity contribution is -0.254. The SMILES string of the molecule is CC(C)CC(O)C(C1OC(CN2CCCC2)[C@H]1O)N(C)C. The van der Waals surface area contributed by atoms with E-state index in [2.05, 4.69) is 18.7 Å². The molecular formula is C16H32N2O3. The van der Waals surface area contributed by atoms with E-state index in [1.807, 2.05) is 19.0 Å². The van der Waals surface area contributed by atoms with Gasteiger partial charge in [-0.2, -0.15) is 0 Å². The molecule has 2 N–H and O–H groups in total. The van der Waals surface area contributed by atoms with E-state index in [0.29, 0.717) is 5.92 Å². The van der Waals surface area contributed by atoms with Crippen molar-refractivity contribution in [1.29, 1.82) is 0 Å². The molecule has 0 radical (unpaired) electrons. The standard InChI is InChI=1S/C16H32N2O3/c1-11(2)9-12(19)14(17(3)4)16-15(20)13(21-16)10-18-7-5-6-8-18/h11-16,19-20H,5-10H2,1-4H3/t12?,13?,14?,15-,16?/m1/s1. The zero-order valence-electron chi connectivity index (χ0n) is 13.9. The van der Waals surface area contributed by atoms with Crippen molar-refractivity contribution < 1.29 is 14.9 Å². The van der Waals surface area contributed by atoms with Gasteiger partial charge in [0.1, 0.15) is 12.2 Å². The van der Waals surface area contributed by atoms with Crippen LogP contribution in [0.25, 0.3) is 0 Å². The molecule has 0 aromatic rings. The summed E-state index contributed by atoms with van der Waals surface area (Å²) in [7, 11) is 3.89. The second-order valence-electron chi connectivity index (χ2n) is 7.29. The fraction of sp³-hybridized carbons (Fsp3) is 1.00. The van der Waals surface area contributed by atoms with E-state index in [1.54, 1.807) is 0 Å². The number of nitrogens with zero attached hydrogens (tertiary/aromatic N) is 2. The number of likely N-dealkylation sites (N-methyl/N-ethyl adjacent to an activating group) is 1. The summed E-state index contributed by atoms with van der Waals surface area (Å²) in [6.07, 6.45) is 1.92. The van der Waals surface area contributed by atoms with Gasteiger partial charge in [-0.25, -0.2) is 0 Å². The Kier molecular flexibility index (Phi) is 6.03. The minimum absolute atomic E-state index is 0.0956. The van der Waals surface area contributed by atoms with Crippen LogP contribution in [0.3, 0.4) is 0 Å². The number of ether oxygens (including phenoxy) is 1. The molecule has 2 aliphatic rings. The molecule has 0 saturated carbocycles. The molecule has 0 aliphatic carbocycles. The maximum atomic E-state index is 10.4. The van der Waals surface area contributed by atoms with Crippen LogP contribution in [-0.2, 0) is 4.74 Å². The summed E-state index contributed by atoms with van der Waals surface area (Å²) in [4.78, 5) is 4.34. The highest BCUT2D eigenvalue weighted by atomic mass is 16.6. The van der Waals surface area contributed by atoms with Crippen molar-refractivity contribution in [3.63, 3.8) is 0 Å². The third-order valence-corrected chi connectivity index (χ3v) is 4.73. The number of aliphatic hydroxyl groups excluding tert-OH is 2. The lowest BCUT2D eigenvalue weighted by Crippen LogP contribution is -2.67. The molecule has 0 aromatic heterocycles. The summed E-state index contributed by atoms with van der Waals surface area (Å²) in [5.41, 5.74) is 0. The van der Waals surface area contributed by atoms with Crippen molar-refractivity contribution in [2.24, 2.45) is 5.92 Å². The van der Waals surface area contributed by atoms with Gasteiger partial charge in [0, 0.05) is 6.54 Å². The van der Waals surface area contributed by atoms with Crippen molar-refractivity contribution in [1.82, 2.24) is 9.80 Å². The van der Waals surface area contributed by atoms with Crippen LogP contribution in [0.2, 0.25) is 0 Å². The summed E-state index contributed by atoms with van der Waals surface area (Å²) in [5, 5.41) is 20.9. The van der Waals surface area contributed by atoms with Gasteiger partial charge in [0.2, 0.25) is 0 Å². The summed E-state index contributed by atoms with van der Waals surface area (Å²) in [5.74, 6) is 0.431. The highest BCUT2D eigenvalue weighted by Gasteiger charge is 2.49. The van der Waals surface area contributed by atoms with E-state index in [1.165, 1.54) is 12.8 Å². The van der Waals surface area contributed by atoms with Gasteiger partial charge in [0.25, 0.3) is 0 Å². The van der Waals surface area contributed by atoms with Gasteiger partial charge in [0.15, 0.2) is 0 Å². The molecule has 21 heavy (non-hydrogen) atoms. The second-order valence-corrected chi connectivity index (χ2v) is 7.29. The van der Waals surface area contributed by atoms with E-state index < -0.39 is 12.2 Å². The fourth-order valence-electron chi connectivity index (χ4n) is 3.62. The quantitative estimate of drug-likeness (QED) is 0.719. The topological polar surface area (TPSA) is 56.2 Å². The molecule has 2 aliphatic heterocycles. The lowest BCUT2D eigenvalue weighted by Gasteiger charge is -2.49. The maximum absolute atomic E-state index is 10.4. The molecule has 2 rings (SSSR count). The second kappa shape index (κ2) is 7.38. The summed E-state index contributed by atoms with van der Waals surface area (Å²) < 4.78 is 5.95. The van der Waals surface area contributed by atoms with Crippen LogP contribution < -0.4 is 0 Å². The normalized spacial score (nSPS) is 33.4. The molecule has 0 spiro atoms. The Morgan fingerprint density at radius 3 is 2.33 bits per heavy atom. The first kappa shape index (κ1) is 17.2. The molecule has 0 aromatic carbocycles. The van der Waals surface area contributed by atoms with Gasteiger partial charge in [-0.05, 0) is 52.4 Å². The Balaban J connectivity index is 1.87. The maximum Gasteiger partial charge on any atom is 0.109 e. The summed E-state index contributed by atoms with van der Waals surface area (Å²) >= 11 is 0. The minimum Gasteiger partial charge on any atom is -0.391 e. The van der Waals surface area contributed by atoms with Gasteiger partial charge in [-0.1, -0.05) is 13.8 Å². The molecule has 0 amide bonds. The molecular weight excluding hydrogens is 268 g/mol. The molecule has 5 atom stereocenters. The number of likely N-dealkylation sites (tertiary alicyclic amines) is 1. The average molecular weight is 300 g/mol. The Morgan fingerprint density at radius 2 is 1.86 bits per heavy atom. The molecule has 2 fully saturated rings. The van der Waals surface area contributed by atoms with E-state index in [4.69, 9.17) is 4.74 Å². The Labute approximate surface area is 128 Å². The molecule has 5 nitrogen and oxygen atoms in total. The fourth-order valence-corrected chi connectivity index (χ4v) is 3.62. The first-order chi connectivity index (χ1) is 9.90. The third kappa shape index (κ3) is 4.17. The van der Waals surface area contributed by atoms with Gasteiger partial charge < -0.3 is 24.7 Å². The summed E-state index contributed by atoms with van der Waals surface area (Å²) in [6.45, 7) is 7.25. The average Bonchev–Trinajstić information content (AvgIpc) is 2.88. The Morgan fingerprint density at radius 1 is 1.24 bits per heavy atom. The van der Waals surface area contributed by atoms with E-state index in [-0.39, 0.29) is 18.2 Å². The zero-order valence-corrected chi connectivity index (χ0v) is 13.9. The van der Waals surface area contributed by atoms with Crippen LogP contribution in [-0.4, -0.2) is 84.2 Å². The molecule has 2 heterocycles. The van der Waals surface area contributed by atoms with Crippen LogP contribution in [0, 0.1) is 5.92 Å². The predicted molar refractivity (Wildman–Crippen MR) is 83.3 cm³/mol. The van der Waals surface area contributed by atoms with Crippen molar-refractivity contribution >= 4 is 0 Å². The summed E-state index contributed by atoms with van der Waals surface area (Å²) in [6, 6.07) is -0.141. The van der Waals surface area contributed by atoms with E-state index in [9.17, 15) is 10.2 Å². The monoisotopic (exact) mass is 300 g/mol. The van der Waals surface area contributed by atoms with Crippen molar-refractivity contribution in [3.05, 3.63) is 0 Å². The molecule has 5 heteroatoms. The molecule has 4 unspecified atom stereocenters. The first-order valence-electron chi connectivity index (χ1n) is 8.30. The van der Waals surface area contributed by atoms with Crippen LogP contribution in [0.5, 0.6) is 0 Å². The minimum atomic E-state index is -0.472. The predicted octanol–water partition coefficient (Wildman–Crippen LogP) is 0.548. The number of aliphatic hydroxyl groups is 2. The van der Waals surface area contributed by atoms with Gasteiger partial charge >= 0.3 is 0 Å². The number of hydrogen-bond acceptors (Lipinski definition) is 5. The first-order valence-corrected chi connectivity index (χ1v) is 8.30. The van der Waals surface area contributed by atoms with Crippen LogP contribution >= 0.6 is 0 Å². The van der Waals surface area contributed by atoms with Crippen LogP contribution in [0.15, 0.2) is 0 Å². The lowest BCUT2D eigenvalue weighted by atomic mass is 9.87. The smallest absolute Gasteiger partial charge is 0.109 e. The van der Waals surface area contributed by atoms with Crippen molar-refractivity contribution in [3.8, 4) is 0 Å². The van der Waals surface area contributed by atoms with Crippen LogP contribution in [0.4, 0.5) is 0 Å². The highest BCUT2D eigenvalue weighted by molar-refractivity contribution is 4.99. The molecule has 2 saturated heterocycles. The highest BCUT2D eigenvalue weighted by Crippen LogP contribution is 2.30. The van der Waals surface area contributed by atoms with Crippen molar-refractivity contribution in [2.45, 2.75) is 63.6 Å². The third-order valence-electron chi connectivity index (χ3n) is 4.73. The Hall–Kier alpha value is -0.200.